The van der Waals surface area contributed by atoms with Gasteiger partial charge in [-0.1, -0.05) is 25.5 Å². The second-order valence-corrected chi connectivity index (χ2v) is 11.4. The molecule has 0 unspecified atom stereocenters. The minimum atomic E-state index is -3.61. The molecule has 4 rings (SSSR count). The van der Waals surface area contributed by atoms with Crippen molar-refractivity contribution >= 4 is 21.6 Å². The van der Waals surface area contributed by atoms with E-state index in [0.717, 1.165) is 44.8 Å². The minimum absolute atomic E-state index is 0.164. The highest BCUT2D eigenvalue weighted by Gasteiger charge is 2.27. The van der Waals surface area contributed by atoms with Crippen LogP contribution in [0.4, 0.5) is 5.69 Å². The molecule has 0 radical (unpaired) electrons. The lowest BCUT2D eigenvalue weighted by Crippen LogP contribution is -2.35. The van der Waals surface area contributed by atoms with E-state index in [1.807, 2.05) is 24.3 Å². The summed E-state index contributed by atoms with van der Waals surface area (Å²) in [6.07, 6.45) is 5.30. The first-order chi connectivity index (χ1) is 16.4. The van der Waals surface area contributed by atoms with E-state index in [9.17, 15) is 13.2 Å². The van der Waals surface area contributed by atoms with E-state index < -0.39 is 10.0 Å². The lowest BCUT2D eigenvalue weighted by molar-refractivity contribution is 0.102. The lowest BCUT2D eigenvalue weighted by Gasteiger charge is -2.30. The molecule has 34 heavy (non-hydrogen) atoms. The zero-order valence-corrected chi connectivity index (χ0v) is 20.9. The van der Waals surface area contributed by atoms with Crippen molar-refractivity contribution in [2.45, 2.75) is 50.5 Å². The Bertz CT molecular complexity index is 1100. The molecule has 2 fully saturated rings. The van der Waals surface area contributed by atoms with E-state index >= 15 is 0 Å². The summed E-state index contributed by atoms with van der Waals surface area (Å²) in [5.74, 6) is 0.842. The van der Waals surface area contributed by atoms with Gasteiger partial charge in [0.2, 0.25) is 10.0 Å². The molecule has 0 bridgehead atoms. The van der Waals surface area contributed by atoms with Gasteiger partial charge in [-0.25, -0.2) is 8.42 Å². The Labute approximate surface area is 203 Å². The number of carbonyl (C=O) groups excluding carboxylic acids is 1. The number of ether oxygens (including phenoxy) is 1. The number of piperidine rings is 2. The molecule has 184 valence electrons. The number of carbonyl (C=O) groups is 1. The Kier molecular flexibility index (Phi) is 7.91. The molecular weight excluding hydrogens is 450 g/mol. The van der Waals surface area contributed by atoms with Gasteiger partial charge >= 0.3 is 0 Å². The molecule has 1 amide bonds. The number of methoxy groups -OCH3 is 1. The molecule has 2 aromatic carbocycles. The second kappa shape index (κ2) is 10.9. The number of anilines is 1. The smallest absolute Gasteiger partial charge is 0.255 e. The summed E-state index contributed by atoms with van der Waals surface area (Å²) in [6.45, 7) is 6.45. The normalized spacial score (nSPS) is 20.1. The van der Waals surface area contributed by atoms with Crippen LogP contribution < -0.4 is 10.1 Å². The number of benzene rings is 2. The summed E-state index contributed by atoms with van der Waals surface area (Å²) in [4.78, 5) is 15.6. The van der Waals surface area contributed by atoms with Gasteiger partial charge in [-0.05, 0) is 74.0 Å². The molecule has 2 aromatic rings. The molecule has 0 saturated carbocycles. The number of nitrogens with one attached hydrogen (secondary N) is 1. The van der Waals surface area contributed by atoms with E-state index in [4.69, 9.17) is 4.74 Å². The van der Waals surface area contributed by atoms with E-state index in [1.54, 1.807) is 6.07 Å². The Morgan fingerprint density at radius 1 is 1.03 bits per heavy atom. The zero-order valence-electron chi connectivity index (χ0n) is 20.1. The SMILES string of the molecule is COc1ccc(S(=O)(=O)N2CCCCC2)cc1NC(=O)c1ccc(CN2CCC[C@H](C)C2)cc1. The van der Waals surface area contributed by atoms with Crippen LogP contribution in [0, 0.1) is 5.92 Å². The van der Waals surface area contributed by atoms with Crippen LogP contribution in [0.3, 0.4) is 0 Å². The number of hydrogen-bond acceptors (Lipinski definition) is 5. The van der Waals surface area contributed by atoms with Crippen molar-refractivity contribution in [3.05, 3.63) is 53.6 Å². The van der Waals surface area contributed by atoms with Crippen molar-refractivity contribution < 1.29 is 17.9 Å². The maximum absolute atomic E-state index is 13.1. The fourth-order valence-electron chi connectivity index (χ4n) is 4.84. The summed E-state index contributed by atoms with van der Waals surface area (Å²) >= 11 is 0. The van der Waals surface area contributed by atoms with Crippen molar-refractivity contribution in [2.75, 3.05) is 38.6 Å². The molecule has 2 aliphatic heterocycles. The van der Waals surface area contributed by atoms with Crippen molar-refractivity contribution in [2.24, 2.45) is 5.92 Å². The predicted molar refractivity (Wildman–Crippen MR) is 134 cm³/mol. The summed E-state index contributed by atoms with van der Waals surface area (Å²) in [6, 6.07) is 12.2. The topological polar surface area (TPSA) is 79.0 Å². The van der Waals surface area contributed by atoms with Gasteiger partial charge in [-0.3, -0.25) is 9.69 Å². The Hall–Kier alpha value is -2.42. The van der Waals surface area contributed by atoms with Gasteiger partial charge < -0.3 is 10.1 Å². The fraction of sp³-hybridized carbons (Fsp3) is 0.500. The second-order valence-electron chi connectivity index (χ2n) is 9.46. The highest BCUT2D eigenvalue weighted by atomic mass is 32.2. The molecular formula is C26H35N3O4S. The van der Waals surface area contributed by atoms with Crippen LogP contribution in [0.1, 0.15) is 54.9 Å². The molecule has 2 saturated heterocycles. The Morgan fingerprint density at radius 3 is 2.44 bits per heavy atom. The van der Waals surface area contributed by atoms with Crippen molar-refractivity contribution in [3.8, 4) is 5.75 Å². The summed E-state index contributed by atoms with van der Waals surface area (Å²) < 4.78 is 33.1. The monoisotopic (exact) mass is 485 g/mol. The third kappa shape index (κ3) is 5.79. The van der Waals surface area contributed by atoms with Gasteiger partial charge in [-0.15, -0.1) is 0 Å². The van der Waals surface area contributed by atoms with E-state index in [0.29, 0.717) is 30.1 Å². The summed E-state index contributed by atoms with van der Waals surface area (Å²) in [5.41, 5.74) is 2.04. The Morgan fingerprint density at radius 2 is 1.76 bits per heavy atom. The molecule has 1 atom stereocenters. The standard InChI is InChI=1S/C26H35N3O4S/c1-20-7-6-14-28(18-20)19-21-8-10-22(11-9-21)26(30)27-24-17-23(12-13-25(24)33-2)34(31,32)29-15-4-3-5-16-29/h8-13,17,20H,3-7,14-16,18-19H2,1-2H3,(H,27,30)/t20-/m0/s1. The summed E-state index contributed by atoms with van der Waals surface area (Å²) in [5, 5.41) is 2.84. The lowest BCUT2D eigenvalue weighted by atomic mass is 9.99. The average molecular weight is 486 g/mol. The van der Waals surface area contributed by atoms with Crippen molar-refractivity contribution in [3.63, 3.8) is 0 Å². The molecule has 2 aliphatic rings. The van der Waals surface area contributed by atoms with Crippen molar-refractivity contribution in [1.82, 2.24) is 9.21 Å². The maximum Gasteiger partial charge on any atom is 0.255 e. The van der Waals surface area contributed by atoms with Gasteiger partial charge in [0.05, 0.1) is 17.7 Å². The predicted octanol–water partition coefficient (Wildman–Crippen LogP) is 4.35. The third-order valence-corrected chi connectivity index (χ3v) is 8.63. The maximum atomic E-state index is 13.1. The molecule has 8 heteroatoms. The molecule has 0 aliphatic carbocycles. The first kappa shape index (κ1) is 24.7. The summed E-state index contributed by atoms with van der Waals surface area (Å²) in [7, 11) is -2.11. The third-order valence-electron chi connectivity index (χ3n) is 6.74. The molecule has 0 aromatic heterocycles. The highest BCUT2D eigenvalue weighted by Crippen LogP contribution is 2.30. The minimum Gasteiger partial charge on any atom is -0.495 e. The van der Waals surface area contributed by atoms with Crippen LogP contribution in [0.5, 0.6) is 5.75 Å². The fourth-order valence-corrected chi connectivity index (χ4v) is 6.39. The molecule has 1 N–H and O–H groups in total. The van der Waals surface area contributed by atoms with E-state index in [1.165, 1.54) is 42.0 Å². The van der Waals surface area contributed by atoms with Crippen LogP contribution in [-0.2, 0) is 16.6 Å². The van der Waals surface area contributed by atoms with Gasteiger partial charge in [0.25, 0.3) is 5.91 Å². The number of sulfonamides is 1. The quantitative estimate of drug-likeness (QED) is 0.631. The molecule has 7 nitrogen and oxygen atoms in total. The van der Waals surface area contributed by atoms with Crippen LogP contribution in [0.15, 0.2) is 47.4 Å². The van der Waals surface area contributed by atoms with Crippen molar-refractivity contribution in [1.29, 1.82) is 0 Å². The average Bonchev–Trinajstić information content (AvgIpc) is 2.85. The van der Waals surface area contributed by atoms with Crippen LogP contribution >= 0.6 is 0 Å². The molecule has 0 spiro atoms. The van der Waals surface area contributed by atoms with Gasteiger partial charge in [-0.2, -0.15) is 4.31 Å². The van der Waals surface area contributed by atoms with Gasteiger partial charge in [0, 0.05) is 31.7 Å². The van der Waals surface area contributed by atoms with E-state index in [2.05, 4.69) is 17.1 Å². The van der Waals surface area contributed by atoms with Gasteiger partial charge in [0.1, 0.15) is 5.75 Å². The van der Waals surface area contributed by atoms with Crippen LogP contribution in [-0.4, -0.2) is 56.8 Å². The van der Waals surface area contributed by atoms with Crippen LogP contribution in [0.25, 0.3) is 0 Å². The number of rotatable bonds is 7. The van der Waals surface area contributed by atoms with Gasteiger partial charge in [0.15, 0.2) is 0 Å². The van der Waals surface area contributed by atoms with E-state index in [-0.39, 0.29) is 10.8 Å². The Balaban J connectivity index is 1.47. The van der Waals surface area contributed by atoms with Crippen LogP contribution in [0.2, 0.25) is 0 Å². The number of nitrogens with zero attached hydrogens (tertiary/aromatic N) is 2. The largest absolute Gasteiger partial charge is 0.495 e. The first-order valence-electron chi connectivity index (χ1n) is 12.2. The molecule has 2 heterocycles. The number of likely N-dealkylation sites (tertiary alicyclic amines) is 1. The zero-order chi connectivity index (χ0) is 24.1. The highest BCUT2D eigenvalue weighted by molar-refractivity contribution is 7.89. The number of amides is 1. The first-order valence-corrected chi connectivity index (χ1v) is 13.6. The number of hydrogen-bond donors (Lipinski definition) is 1.